The molecule has 0 fully saturated rings. The largest absolute Gasteiger partial charge is 0.350 e. The van der Waals surface area contributed by atoms with Gasteiger partial charge in [0, 0.05) is 29.4 Å². The number of imidazole rings is 1. The van der Waals surface area contributed by atoms with Gasteiger partial charge >= 0.3 is 0 Å². The lowest BCUT2D eigenvalue weighted by Crippen LogP contribution is -2.24. The molecule has 1 N–H and O–H groups in total. The Kier molecular flexibility index (Phi) is 4.06. The molecule has 0 saturated heterocycles. The molecule has 0 aromatic carbocycles. The van der Waals surface area contributed by atoms with Crippen molar-refractivity contribution in [2.24, 2.45) is 0 Å². The molecule has 0 atom stereocenters. The van der Waals surface area contributed by atoms with E-state index in [4.69, 9.17) is 0 Å². The normalized spacial score (nSPS) is 11.0. The van der Waals surface area contributed by atoms with Crippen molar-refractivity contribution >= 4 is 33.5 Å². The van der Waals surface area contributed by atoms with E-state index in [1.807, 2.05) is 45.8 Å². The second-order valence-electron chi connectivity index (χ2n) is 5.14. The van der Waals surface area contributed by atoms with Crippen LogP contribution in [0.3, 0.4) is 0 Å². The van der Waals surface area contributed by atoms with Crippen LogP contribution >= 0.6 is 22.7 Å². The van der Waals surface area contributed by atoms with Crippen molar-refractivity contribution in [1.82, 2.24) is 24.7 Å². The monoisotopic (exact) mass is 355 g/mol. The molecular weight excluding hydrogens is 342 g/mol. The van der Waals surface area contributed by atoms with Gasteiger partial charge in [-0.3, -0.25) is 14.2 Å². The molecule has 24 heavy (non-hydrogen) atoms. The number of hydrogen-bond donors (Lipinski definition) is 1. The fourth-order valence-electron chi connectivity index (χ4n) is 2.27. The molecule has 6 nitrogen and oxygen atoms in total. The van der Waals surface area contributed by atoms with Crippen LogP contribution in [0.25, 0.3) is 15.7 Å². The van der Waals surface area contributed by atoms with Gasteiger partial charge in [-0.25, -0.2) is 9.97 Å². The molecular formula is C16H13N5OS2. The number of carbonyl (C=O) groups excluding carboxylic acids is 1. The third-order valence-corrected chi connectivity index (χ3v) is 5.07. The van der Waals surface area contributed by atoms with Crippen molar-refractivity contribution in [1.29, 1.82) is 0 Å². The van der Waals surface area contributed by atoms with Crippen LogP contribution in [0.1, 0.15) is 11.4 Å². The van der Waals surface area contributed by atoms with Gasteiger partial charge in [0.2, 0.25) is 5.91 Å². The van der Waals surface area contributed by atoms with Crippen molar-refractivity contribution in [2.45, 2.75) is 13.0 Å². The first-order valence-corrected chi connectivity index (χ1v) is 9.07. The third-order valence-electron chi connectivity index (χ3n) is 3.39. The Morgan fingerprint density at radius 3 is 3.00 bits per heavy atom. The molecule has 4 heterocycles. The SMILES string of the molecule is O=C(Cc1csc(-c2ccccn2)n1)NCc1cn2ccsc2n1. The first kappa shape index (κ1) is 15.0. The Balaban J connectivity index is 1.36. The lowest BCUT2D eigenvalue weighted by Gasteiger charge is -2.01. The molecule has 1 amide bonds. The Morgan fingerprint density at radius 1 is 1.21 bits per heavy atom. The molecule has 0 aliphatic rings. The molecule has 0 saturated carbocycles. The molecule has 0 bridgehead atoms. The average Bonchev–Trinajstić information content (AvgIpc) is 3.29. The quantitative estimate of drug-likeness (QED) is 0.597. The van der Waals surface area contributed by atoms with Crippen LogP contribution < -0.4 is 5.32 Å². The Morgan fingerprint density at radius 2 is 2.17 bits per heavy atom. The van der Waals surface area contributed by atoms with E-state index in [2.05, 4.69) is 20.3 Å². The maximum absolute atomic E-state index is 12.1. The highest BCUT2D eigenvalue weighted by Gasteiger charge is 2.10. The lowest BCUT2D eigenvalue weighted by atomic mass is 10.3. The van der Waals surface area contributed by atoms with E-state index < -0.39 is 0 Å². The summed E-state index contributed by atoms with van der Waals surface area (Å²) in [6.45, 7) is 0.421. The van der Waals surface area contributed by atoms with Gasteiger partial charge < -0.3 is 5.32 Å². The Hall–Kier alpha value is -2.58. The van der Waals surface area contributed by atoms with E-state index >= 15 is 0 Å². The second kappa shape index (κ2) is 6.50. The van der Waals surface area contributed by atoms with Crippen LogP contribution in [0, 0.1) is 0 Å². The zero-order chi connectivity index (χ0) is 16.4. The first-order valence-electron chi connectivity index (χ1n) is 7.31. The molecule has 0 spiro atoms. The highest BCUT2D eigenvalue weighted by molar-refractivity contribution is 7.15. The zero-order valence-electron chi connectivity index (χ0n) is 12.5. The molecule has 0 radical (unpaired) electrons. The number of fused-ring (bicyclic) bond motifs is 1. The van der Waals surface area contributed by atoms with Crippen LogP contribution in [0.15, 0.2) is 47.5 Å². The van der Waals surface area contributed by atoms with Crippen molar-refractivity contribution in [3.63, 3.8) is 0 Å². The number of carbonyl (C=O) groups is 1. The van der Waals surface area contributed by atoms with Crippen molar-refractivity contribution in [3.8, 4) is 10.7 Å². The highest BCUT2D eigenvalue weighted by atomic mass is 32.1. The van der Waals surface area contributed by atoms with Crippen molar-refractivity contribution in [3.05, 3.63) is 58.9 Å². The first-order chi connectivity index (χ1) is 11.8. The van der Waals surface area contributed by atoms with E-state index in [1.165, 1.54) is 11.3 Å². The van der Waals surface area contributed by atoms with Crippen molar-refractivity contribution < 1.29 is 4.79 Å². The topological polar surface area (TPSA) is 72.2 Å². The summed E-state index contributed by atoms with van der Waals surface area (Å²) in [4.78, 5) is 26.2. The molecule has 0 aliphatic carbocycles. The number of pyridine rings is 1. The van der Waals surface area contributed by atoms with E-state index in [0.29, 0.717) is 6.54 Å². The number of amides is 1. The van der Waals surface area contributed by atoms with Gasteiger partial charge in [-0.05, 0) is 12.1 Å². The van der Waals surface area contributed by atoms with Crippen molar-refractivity contribution in [2.75, 3.05) is 0 Å². The molecule has 0 aliphatic heterocycles. The predicted octanol–water partition coefficient (Wildman–Crippen LogP) is 2.77. The second-order valence-corrected chi connectivity index (χ2v) is 6.87. The smallest absolute Gasteiger partial charge is 0.226 e. The minimum absolute atomic E-state index is 0.0655. The maximum atomic E-state index is 12.1. The molecule has 4 aromatic heterocycles. The molecule has 0 unspecified atom stereocenters. The van der Waals surface area contributed by atoms with Crippen LogP contribution in [0.4, 0.5) is 0 Å². The summed E-state index contributed by atoms with van der Waals surface area (Å²) in [5.74, 6) is -0.0655. The molecule has 4 aromatic rings. The van der Waals surface area contributed by atoms with Gasteiger partial charge in [0.25, 0.3) is 0 Å². The summed E-state index contributed by atoms with van der Waals surface area (Å²) < 4.78 is 1.95. The zero-order valence-corrected chi connectivity index (χ0v) is 14.2. The minimum atomic E-state index is -0.0655. The summed E-state index contributed by atoms with van der Waals surface area (Å²) in [5, 5.41) is 7.59. The fourth-order valence-corrected chi connectivity index (χ4v) is 3.79. The third kappa shape index (κ3) is 3.19. The van der Waals surface area contributed by atoms with Gasteiger partial charge in [0.15, 0.2) is 4.96 Å². The van der Waals surface area contributed by atoms with Crippen LogP contribution in [-0.4, -0.2) is 25.3 Å². The van der Waals surface area contributed by atoms with E-state index in [1.54, 1.807) is 17.5 Å². The molecule has 4 rings (SSSR count). The number of nitrogens with zero attached hydrogens (tertiary/aromatic N) is 4. The average molecular weight is 355 g/mol. The fraction of sp³-hybridized carbons (Fsp3) is 0.125. The Bertz CT molecular complexity index is 944. The van der Waals surface area contributed by atoms with E-state index in [0.717, 1.165) is 27.1 Å². The number of rotatable bonds is 5. The van der Waals surface area contributed by atoms with Gasteiger partial charge in [0.1, 0.15) is 5.01 Å². The Labute approximate surface area is 145 Å². The van der Waals surface area contributed by atoms with E-state index in [9.17, 15) is 4.79 Å². The van der Waals surface area contributed by atoms with Crippen LogP contribution in [0.5, 0.6) is 0 Å². The number of thiazole rings is 2. The number of aromatic nitrogens is 4. The molecule has 8 heteroatoms. The minimum Gasteiger partial charge on any atom is -0.350 e. The summed E-state index contributed by atoms with van der Waals surface area (Å²) >= 11 is 3.07. The van der Waals surface area contributed by atoms with Crippen LogP contribution in [0.2, 0.25) is 0 Å². The van der Waals surface area contributed by atoms with E-state index in [-0.39, 0.29) is 12.3 Å². The maximum Gasteiger partial charge on any atom is 0.226 e. The lowest BCUT2D eigenvalue weighted by molar-refractivity contribution is -0.120. The summed E-state index contributed by atoms with van der Waals surface area (Å²) in [6.07, 6.45) is 5.87. The summed E-state index contributed by atoms with van der Waals surface area (Å²) in [5.41, 5.74) is 2.43. The number of nitrogens with one attached hydrogen (secondary N) is 1. The highest BCUT2D eigenvalue weighted by Crippen LogP contribution is 2.21. The van der Waals surface area contributed by atoms with Gasteiger partial charge in [-0.15, -0.1) is 22.7 Å². The molecule has 120 valence electrons. The van der Waals surface area contributed by atoms with Gasteiger partial charge in [-0.1, -0.05) is 6.07 Å². The van der Waals surface area contributed by atoms with Crippen LogP contribution in [-0.2, 0) is 17.8 Å². The van der Waals surface area contributed by atoms with Gasteiger partial charge in [-0.2, -0.15) is 0 Å². The predicted molar refractivity (Wildman–Crippen MR) is 94.0 cm³/mol. The van der Waals surface area contributed by atoms with Gasteiger partial charge in [0.05, 0.1) is 30.0 Å². The summed E-state index contributed by atoms with van der Waals surface area (Å²) in [7, 11) is 0. The number of hydrogen-bond acceptors (Lipinski definition) is 6. The standard InChI is InChI=1S/C16H13N5OS2/c22-14(18-8-12-9-21-5-6-23-16(21)20-12)7-11-10-24-15(19-11)13-3-1-2-4-17-13/h1-6,9-10H,7-8H2,(H,18,22). The summed E-state index contributed by atoms with van der Waals surface area (Å²) in [6, 6.07) is 5.70.